The van der Waals surface area contributed by atoms with Gasteiger partial charge in [0, 0.05) is 12.8 Å². The second kappa shape index (κ2) is 7.04. The first-order valence-electron chi connectivity index (χ1n) is 6.94. The fourth-order valence-corrected chi connectivity index (χ4v) is 2.24. The lowest BCUT2D eigenvalue weighted by molar-refractivity contribution is -0.140. The van der Waals surface area contributed by atoms with E-state index in [2.05, 4.69) is 6.58 Å². The van der Waals surface area contributed by atoms with Crippen LogP contribution in [-0.2, 0) is 16.0 Å². The normalized spacial score (nSPS) is 16.1. The summed E-state index contributed by atoms with van der Waals surface area (Å²) in [7, 11) is 0. The number of carbonyl (C=O) groups excluding carboxylic acids is 2. The van der Waals surface area contributed by atoms with Crippen molar-refractivity contribution in [3.05, 3.63) is 42.5 Å². The van der Waals surface area contributed by atoms with Crippen molar-refractivity contribution in [3.63, 3.8) is 0 Å². The van der Waals surface area contributed by atoms with Crippen LogP contribution >= 0.6 is 0 Å². The van der Waals surface area contributed by atoms with E-state index < -0.39 is 6.10 Å². The zero-order chi connectivity index (χ0) is 15.2. The molecule has 1 heterocycles. The molecule has 1 N–H and O–H groups in total. The number of aliphatic hydroxyl groups excluding tert-OH is 1. The van der Waals surface area contributed by atoms with Crippen LogP contribution in [-0.4, -0.2) is 41.1 Å². The maximum absolute atomic E-state index is 11.5. The predicted octanol–water partition coefficient (Wildman–Crippen LogP) is 1.30. The molecule has 1 aliphatic heterocycles. The summed E-state index contributed by atoms with van der Waals surface area (Å²) in [5.41, 5.74) is 0.980. The number of benzene rings is 1. The second-order valence-corrected chi connectivity index (χ2v) is 4.96. The Morgan fingerprint density at radius 2 is 1.95 bits per heavy atom. The average Bonchev–Trinajstić information content (AvgIpc) is 2.78. The van der Waals surface area contributed by atoms with Gasteiger partial charge >= 0.3 is 0 Å². The van der Waals surface area contributed by atoms with Gasteiger partial charge in [-0.2, -0.15) is 0 Å². The molecule has 2 rings (SSSR count). The highest BCUT2D eigenvalue weighted by molar-refractivity contribution is 6.01. The van der Waals surface area contributed by atoms with Gasteiger partial charge in [0.15, 0.2) is 0 Å². The zero-order valence-electron chi connectivity index (χ0n) is 11.8. The Labute approximate surface area is 123 Å². The van der Waals surface area contributed by atoms with Crippen LogP contribution in [0.2, 0.25) is 0 Å². The molecule has 1 fully saturated rings. The van der Waals surface area contributed by atoms with Crippen LogP contribution in [0.15, 0.2) is 36.9 Å². The summed E-state index contributed by atoms with van der Waals surface area (Å²) in [6.45, 7) is 3.71. The third-order valence-electron chi connectivity index (χ3n) is 3.32. The van der Waals surface area contributed by atoms with Gasteiger partial charge in [0.1, 0.15) is 18.5 Å². The number of rotatable bonds is 7. The van der Waals surface area contributed by atoms with Gasteiger partial charge in [0.05, 0.1) is 6.54 Å². The first-order valence-corrected chi connectivity index (χ1v) is 6.94. The molecule has 5 nitrogen and oxygen atoms in total. The number of amides is 2. The van der Waals surface area contributed by atoms with Crippen molar-refractivity contribution in [2.24, 2.45) is 0 Å². The zero-order valence-corrected chi connectivity index (χ0v) is 11.8. The SMILES string of the molecule is C=CCc1ccccc1OCC(O)CN1C(=O)CCC1=O. The van der Waals surface area contributed by atoms with E-state index in [1.807, 2.05) is 24.3 Å². The first kappa shape index (κ1) is 15.3. The summed E-state index contributed by atoms with van der Waals surface area (Å²) >= 11 is 0. The monoisotopic (exact) mass is 289 g/mol. The van der Waals surface area contributed by atoms with Gasteiger partial charge in [-0.15, -0.1) is 6.58 Å². The van der Waals surface area contributed by atoms with Crippen molar-refractivity contribution in [3.8, 4) is 5.75 Å². The highest BCUT2D eigenvalue weighted by atomic mass is 16.5. The number of likely N-dealkylation sites (tertiary alicyclic amines) is 1. The summed E-state index contributed by atoms with van der Waals surface area (Å²) < 4.78 is 5.59. The van der Waals surface area contributed by atoms with Gasteiger partial charge in [-0.25, -0.2) is 0 Å². The lowest BCUT2D eigenvalue weighted by Gasteiger charge is -2.19. The third kappa shape index (κ3) is 3.92. The van der Waals surface area contributed by atoms with E-state index in [4.69, 9.17) is 4.74 Å². The number of ether oxygens (including phenoxy) is 1. The molecule has 1 aromatic carbocycles. The number of allylic oxidation sites excluding steroid dienone is 1. The predicted molar refractivity (Wildman–Crippen MR) is 77.8 cm³/mol. The number of nitrogens with zero attached hydrogens (tertiary/aromatic N) is 1. The number of carbonyl (C=O) groups is 2. The molecule has 0 saturated carbocycles. The second-order valence-electron chi connectivity index (χ2n) is 4.96. The van der Waals surface area contributed by atoms with Crippen molar-refractivity contribution >= 4 is 11.8 Å². The van der Waals surface area contributed by atoms with Crippen LogP contribution in [0.4, 0.5) is 0 Å². The van der Waals surface area contributed by atoms with Crippen LogP contribution in [0.5, 0.6) is 5.75 Å². The molecule has 1 saturated heterocycles. The van der Waals surface area contributed by atoms with Gasteiger partial charge in [0.25, 0.3) is 0 Å². The maximum Gasteiger partial charge on any atom is 0.229 e. The van der Waals surface area contributed by atoms with E-state index in [-0.39, 0.29) is 37.8 Å². The molecule has 2 amide bonds. The number of aliphatic hydroxyl groups is 1. The van der Waals surface area contributed by atoms with Crippen molar-refractivity contribution in [2.75, 3.05) is 13.2 Å². The smallest absolute Gasteiger partial charge is 0.229 e. The number of β-amino-alcohol motifs (C(OH)–C–C–N with tert-alkyl or cyclic N) is 1. The molecule has 0 spiro atoms. The molecule has 0 aliphatic carbocycles. The highest BCUT2D eigenvalue weighted by Crippen LogP contribution is 2.19. The number of imide groups is 1. The Morgan fingerprint density at radius 3 is 2.62 bits per heavy atom. The fraction of sp³-hybridized carbons (Fsp3) is 0.375. The van der Waals surface area contributed by atoms with Crippen LogP contribution in [0.25, 0.3) is 0 Å². The summed E-state index contributed by atoms with van der Waals surface area (Å²) in [5.74, 6) is 0.216. The van der Waals surface area contributed by atoms with Gasteiger partial charge in [-0.1, -0.05) is 24.3 Å². The maximum atomic E-state index is 11.5. The van der Waals surface area contributed by atoms with Crippen molar-refractivity contribution in [2.45, 2.75) is 25.4 Å². The Kier molecular flexibility index (Phi) is 5.11. The molecule has 1 unspecified atom stereocenters. The molecule has 112 valence electrons. The molecule has 0 bridgehead atoms. The van der Waals surface area contributed by atoms with Crippen LogP contribution in [0.1, 0.15) is 18.4 Å². The molecule has 5 heteroatoms. The van der Waals surface area contributed by atoms with Gasteiger partial charge in [-0.05, 0) is 18.1 Å². The summed E-state index contributed by atoms with van der Waals surface area (Å²) in [6, 6.07) is 7.50. The number of para-hydroxylation sites is 1. The van der Waals surface area contributed by atoms with Gasteiger partial charge < -0.3 is 9.84 Å². The Balaban J connectivity index is 1.89. The fourth-order valence-electron chi connectivity index (χ4n) is 2.24. The first-order chi connectivity index (χ1) is 10.1. The molecular formula is C16H19NO4. The van der Waals surface area contributed by atoms with Gasteiger partial charge in [0.2, 0.25) is 11.8 Å². The van der Waals surface area contributed by atoms with E-state index in [1.54, 1.807) is 6.08 Å². The minimum absolute atomic E-state index is 0.0126. The van der Waals surface area contributed by atoms with E-state index in [0.717, 1.165) is 10.5 Å². The molecular weight excluding hydrogens is 270 g/mol. The van der Waals surface area contributed by atoms with E-state index in [0.29, 0.717) is 12.2 Å². The van der Waals surface area contributed by atoms with E-state index >= 15 is 0 Å². The molecule has 0 radical (unpaired) electrons. The summed E-state index contributed by atoms with van der Waals surface area (Å²) in [4.78, 5) is 24.1. The van der Waals surface area contributed by atoms with Crippen LogP contribution < -0.4 is 4.74 Å². The van der Waals surface area contributed by atoms with Crippen molar-refractivity contribution in [1.82, 2.24) is 4.90 Å². The quantitative estimate of drug-likeness (QED) is 0.607. The molecule has 1 aromatic rings. The Bertz CT molecular complexity index is 525. The Morgan fingerprint density at radius 1 is 1.29 bits per heavy atom. The molecule has 1 aliphatic rings. The lowest BCUT2D eigenvalue weighted by atomic mass is 10.1. The van der Waals surface area contributed by atoms with E-state index in [1.165, 1.54) is 0 Å². The largest absolute Gasteiger partial charge is 0.491 e. The lowest BCUT2D eigenvalue weighted by Crippen LogP contribution is -2.38. The average molecular weight is 289 g/mol. The van der Waals surface area contributed by atoms with Gasteiger partial charge in [-0.3, -0.25) is 14.5 Å². The van der Waals surface area contributed by atoms with Crippen molar-refractivity contribution < 1.29 is 19.4 Å². The third-order valence-corrected chi connectivity index (χ3v) is 3.32. The number of hydrogen-bond acceptors (Lipinski definition) is 4. The highest BCUT2D eigenvalue weighted by Gasteiger charge is 2.30. The molecule has 0 aromatic heterocycles. The topological polar surface area (TPSA) is 66.8 Å². The van der Waals surface area contributed by atoms with E-state index in [9.17, 15) is 14.7 Å². The van der Waals surface area contributed by atoms with Crippen molar-refractivity contribution in [1.29, 1.82) is 0 Å². The molecule has 1 atom stereocenters. The minimum atomic E-state index is -0.896. The standard InChI is InChI=1S/C16H19NO4/c1-2-5-12-6-3-4-7-14(12)21-11-13(18)10-17-15(19)8-9-16(17)20/h2-4,6-7,13,18H,1,5,8-11H2. The number of hydrogen-bond donors (Lipinski definition) is 1. The van der Waals surface area contributed by atoms with Crippen LogP contribution in [0, 0.1) is 0 Å². The van der Waals surface area contributed by atoms with Crippen LogP contribution in [0.3, 0.4) is 0 Å². The molecule has 21 heavy (non-hydrogen) atoms. The minimum Gasteiger partial charge on any atom is -0.491 e. The Hall–Kier alpha value is -2.14. The summed E-state index contributed by atoms with van der Waals surface area (Å²) in [6.07, 6.45) is 2.02. The summed E-state index contributed by atoms with van der Waals surface area (Å²) in [5, 5.41) is 9.94.